The number of amides is 1. The lowest BCUT2D eigenvalue weighted by molar-refractivity contribution is 0.102. The second-order valence-electron chi connectivity index (χ2n) is 4.61. The first-order valence-corrected chi connectivity index (χ1v) is 7.12. The smallest absolute Gasteiger partial charge is 0.255 e. The fourth-order valence-corrected chi connectivity index (χ4v) is 2.20. The van der Waals surface area contributed by atoms with Crippen molar-refractivity contribution in [3.05, 3.63) is 52.8 Å². The van der Waals surface area contributed by atoms with Gasteiger partial charge in [-0.3, -0.25) is 4.79 Å². The lowest BCUT2D eigenvalue weighted by atomic mass is 10.1. The molecule has 0 saturated heterocycles. The normalized spacial score (nSPS) is 10.2. The Balaban J connectivity index is 2.19. The number of anilines is 1. The summed E-state index contributed by atoms with van der Waals surface area (Å²) in [4.78, 5) is 16.5. The van der Waals surface area contributed by atoms with Gasteiger partial charge in [0.1, 0.15) is 10.9 Å². The lowest BCUT2D eigenvalue weighted by Crippen LogP contribution is -2.12. The van der Waals surface area contributed by atoms with Gasteiger partial charge < -0.3 is 10.1 Å². The van der Waals surface area contributed by atoms with Crippen LogP contribution in [0.25, 0.3) is 0 Å². The number of aryl methyl sites for hydroxylation is 1. The van der Waals surface area contributed by atoms with Gasteiger partial charge in [-0.2, -0.15) is 0 Å². The molecule has 2 rings (SSSR count). The van der Waals surface area contributed by atoms with Crippen molar-refractivity contribution in [3.63, 3.8) is 0 Å². The summed E-state index contributed by atoms with van der Waals surface area (Å²) in [6.45, 7) is 2.05. The number of pyridine rings is 1. The van der Waals surface area contributed by atoms with Crippen molar-refractivity contribution < 1.29 is 9.53 Å². The van der Waals surface area contributed by atoms with Crippen molar-refractivity contribution in [3.8, 4) is 5.75 Å². The van der Waals surface area contributed by atoms with Crippen LogP contribution in [0.4, 0.5) is 5.69 Å². The highest BCUT2D eigenvalue weighted by atomic mass is 35.5. The number of ether oxygens (including phenoxy) is 1. The number of nitrogens with zero attached hydrogens (tertiary/aromatic N) is 1. The Morgan fingerprint density at radius 3 is 2.86 bits per heavy atom. The third-order valence-electron chi connectivity index (χ3n) is 2.94. The predicted octanol–water partition coefficient (Wildman–Crippen LogP) is 3.95. The molecule has 0 aliphatic heterocycles. The van der Waals surface area contributed by atoms with Crippen molar-refractivity contribution in [1.29, 1.82) is 0 Å². The van der Waals surface area contributed by atoms with Crippen LogP contribution in [0, 0.1) is 0 Å². The highest BCUT2D eigenvalue weighted by Gasteiger charge is 2.10. The third-order valence-corrected chi connectivity index (χ3v) is 3.14. The Hall–Kier alpha value is -2.07. The predicted molar refractivity (Wildman–Crippen MR) is 84.2 cm³/mol. The van der Waals surface area contributed by atoms with Crippen LogP contribution in [0.1, 0.15) is 29.4 Å². The van der Waals surface area contributed by atoms with Crippen LogP contribution in [0.15, 0.2) is 36.4 Å². The maximum atomic E-state index is 12.3. The van der Waals surface area contributed by atoms with Gasteiger partial charge in [0, 0.05) is 23.0 Å². The van der Waals surface area contributed by atoms with Gasteiger partial charge in [0.15, 0.2) is 0 Å². The molecule has 0 radical (unpaired) electrons. The van der Waals surface area contributed by atoms with E-state index in [1.165, 1.54) is 0 Å². The molecular formula is C16H17ClN2O2. The molecule has 4 nitrogen and oxygen atoms in total. The molecule has 0 bridgehead atoms. The molecule has 21 heavy (non-hydrogen) atoms. The summed E-state index contributed by atoms with van der Waals surface area (Å²) in [7, 11) is 1.58. The summed E-state index contributed by atoms with van der Waals surface area (Å²) in [6.07, 6.45) is 1.74. The van der Waals surface area contributed by atoms with Gasteiger partial charge in [-0.05, 0) is 30.7 Å². The van der Waals surface area contributed by atoms with Gasteiger partial charge >= 0.3 is 0 Å². The molecule has 0 atom stereocenters. The molecular weight excluding hydrogens is 288 g/mol. The Bertz CT molecular complexity index is 644. The molecule has 0 saturated carbocycles. The Morgan fingerprint density at radius 1 is 1.33 bits per heavy atom. The highest BCUT2D eigenvalue weighted by molar-refractivity contribution is 6.29. The first-order chi connectivity index (χ1) is 10.1. The molecule has 1 amide bonds. The minimum absolute atomic E-state index is 0.218. The summed E-state index contributed by atoms with van der Waals surface area (Å²) in [5.74, 6) is 0.470. The lowest BCUT2D eigenvalue weighted by Gasteiger charge is -2.08. The number of nitrogens with one attached hydrogen (secondary N) is 1. The van der Waals surface area contributed by atoms with Crippen molar-refractivity contribution in [2.75, 3.05) is 12.4 Å². The van der Waals surface area contributed by atoms with E-state index in [2.05, 4.69) is 17.2 Å². The highest BCUT2D eigenvalue weighted by Crippen LogP contribution is 2.19. The van der Waals surface area contributed by atoms with E-state index in [-0.39, 0.29) is 5.91 Å². The summed E-state index contributed by atoms with van der Waals surface area (Å²) in [6, 6.07) is 10.5. The Morgan fingerprint density at radius 2 is 2.14 bits per heavy atom. The number of carbonyl (C=O) groups excluding carboxylic acids is 1. The van der Waals surface area contributed by atoms with Crippen LogP contribution >= 0.6 is 11.6 Å². The fourth-order valence-electron chi connectivity index (χ4n) is 1.97. The molecule has 0 aliphatic rings. The van der Waals surface area contributed by atoms with E-state index in [0.717, 1.165) is 18.5 Å². The Kier molecular flexibility index (Phi) is 5.17. The summed E-state index contributed by atoms with van der Waals surface area (Å²) in [5.41, 5.74) is 1.99. The van der Waals surface area contributed by atoms with Crippen molar-refractivity contribution in [2.45, 2.75) is 19.8 Å². The molecule has 0 aliphatic carbocycles. The van der Waals surface area contributed by atoms with Crippen LogP contribution in [-0.4, -0.2) is 18.0 Å². The largest absolute Gasteiger partial charge is 0.497 e. The number of carbonyl (C=O) groups is 1. The second kappa shape index (κ2) is 7.09. The molecule has 5 heteroatoms. The van der Waals surface area contributed by atoms with E-state index in [9.17, 15) is 4.79 Å². The number of rotatable bonds is 5. The average Bonchev–Trinajstić information content (AvgIpc) is 2.47. The number of hydrogen-bond donors (Lipinski definition) is 1. The van der Waals surface area contributed by atoms with Gasteiger partial charge in [0.2, 0.25) is 0 Å². The fraction of sp³-hybridized carbons (Fsp3) is 0.250. The van der Waals surface area contributed by atoms with E-state index in [1.807, 2.05) is 12.1 Å². The van der Waals surface area contributed by atoms with Crippen LogP contribution in [0.2, 0.25) is 5.15 Å². The zero-order valence-electron chi connectivity index (χ0n) is 12.0. The molecule has 2 aromatic rings. The summed E-state index contributed by atoms with van der Waals surface area (Å²) in [5, 5.41) is 3.15. The maximum Gasteiger partial charge on any atom is 0.255 e. The molecule has 110 valence electrons. The quantitative estimate of drug-likeness (QED) is 0.851. The first-order valence-electron chi connectivity index (χ1n) is 6.74. The molecule has 0 spiro atoms. The van der Waals surface area contributed by atoms with Gasteiger partial charge in [0.05, 0.1) is 7.11 Å². The van der Waals surface area contributed by atoms with E-state index >= 15 is 0 Å². The van der Waals surface area contributed by atoms with Gasteiger partial charge in [-0.15, -0.1) is 0 Å². The molecule has 1 N–H and O–H groups in total. The minimum atomic E-state index is -0.218. The summed E-state index contributed by atoms with van der Waals surface area (Å²) < 4.78 is 5.13. The van der Waals surface area contributed by atoms with E-state index < -0.39 is 0 Å². The molecule has 0 unspecified atom stereocenters. The van der Waals surface area contributed by atoms with Crippen LogP contribution in [0.5, 0.6) is 5.75 Å². The number of benzene rings is 1. The Labute approximate surface area is 129 Å². The summed E-state index contributed by atoms with van der Waals surface area (Å²) >= 11 is 5.97. The zero-order chi connectivity index (χ0) is 15.2. The SMILES string of the molecule is CCCc1cc(C(=O)Nc2cccc(OC)c2)cc(Cl)n1. The number of halogens is 1. The minimum Gasteiger partial charge on any atom is -0.497 e. The molecule has 1 aromatic carbocycles. The first kappa shape index (κ1) is 15.3. The van der Waals surface area contributed by atoms with Gasteiger partial charge in [0.25, 0.3) is 5.91 Å². The topological polar surface area (TPSA) is 51.2 Å². The monoisotopic (exact) mass is 304 g/mol. The molecule has 0 fully saturated rings. The number of aromatic nitrogens is 1. The van der Waals surface area contributed by atoms with Crippen molar-refractivity contribution >= 4 is 23.2 Å². The van der Waals surface area contributed by atoms with Crippen LogP contribution < -0.4 is 10.1 Å². The van der Waals surface area contributed by atoms with E-state index in [1.54, 1.807) is 31.4 Å². The zero-order valence-corrected chi connectivity index (χ0v) is 12.8. The molecule has 1 aromatic heterocycles. The maximum absolute atomic E-state index is 12.3. The van der Waals surface area contributed by atoms with Crippen molar-refractivity contribution in [1.82, 2.24) is 4.98 Å². The van der Waals surface area contributed by atoms with Gasteiger partial charge in [-0.1, -0.05) is 31.0 Å². The standard InChI is InChI=1S/C16H17ClN2O2/c1-3-5-12-8-11(9-15(17)18-12)16(20)19-13-6-4-7-14(10-13)21-2/h4,6-10H,3,5H2,1-2H3,(H,19,20). The van der Waals surface area contributed by atoms with Gasteiger partial charge in [-0.25, -0.2) is 4.98 Å². The van der Waals surface area contributed by atoms with Crippen molar-refractivity contribution in [2.24, 2.45) is 0 Å². The second-order valence-corrected chi connectivity index (χ2v) is 4.99. The van der Waals surface area contributed by atoms with Crippen LogP contribution in [-0.2, 0) is 6.42 Å². The van der Waals surface area contributed by atoms with E-state index in [0.29, 0.717) is 22.2 Å². The number of hydrogen-bond acceptors (Lipinski definition) is 3. The van der Waals surface area contributed by atoms with E-state index in [4.69, 9.17) is 16.3 Å². The van der Waals surface area contributed by atoms with Crippen LogP contribution in [0.3, 0.4) is 0 Å². The molecule has 1 heterocycles. The number of methoxy groups -OCH3 is 1. The third kappa shape index (κ3) is 4.20. The average molecular weight is 305 g/mol.